The predicted molar refractivity (Wildman–Crippen MR) is 113 cm³/mol. The van der Waals surface area contributed by atoms with Crippen LogP contribution in [0.5, 0.6) is 5.88 Å². The Morgan fingerprint density at radius 3 is 2.86 bits per heavy atom. The summed E-state index contributed by atoms with van der Waals surface area (Å²) in [6, 6.07) is 3.30. The van der Waals surface area contributed by atoms with Gasteiger partial charge in [-0.25, -0.2) is 23.4 Å². The lowest BCUT2D eigenvalue weighted by atomic mass is 10.1. The van der Waals surface area contributed by atoms with Crippen LogP contribution >= 0.6 is 0 Å². The van der Waals surface area contributed by atoms with E-state index < -0.39 is 15.9 Å². The Bertz CT molecular complexity index is 1060. The van der Waals surface area contributed by atoms with E-state index in [-0.39, 0.29) is 32.5 Å². The number of ether oxygens (including phenoxy) is 1. The average molecular weight is 423 g/mol. The number of nitrogens with one attached hydrogen (secondary N) is 1. The molecule has 2 aromatic rings. The minimum absolute atomic E-state index is 0. The number of anilines is 2. The normalized spacial score (nSPS) is 14.9. The summed E-state index contributed by atoms with van der Waals surface area (Å²) in [6.07, 6.45) is 5.27. The first-order valence-corrected chi connectivity index (χ1v) is 10.6. The van der Waals surface area contributed by atoms with Crippen molar-refractivity contribution in [2.75, 3.05) is 37.0 Å². The van der Waals surface area contributed by atoms with Crippen molar-refractivity contribution in [2.45, 2.75) is 13.3 Å². The van der Waals surface area contributed by atoms with Crippen molar-refractivity contribution < 1.29 is 20.8 Å². The van der Waals surface area contributed by atoms with Crippen LogP contribution in [0.25, 0.3) is 5.57 Å². The maximum absolute atomic E-state index is 12.7. The van der Waals surface area contributed by atoms with E-state index in [2.05, 4.69) is 20.3 Å². The van der Waals surface area contributed by atoms with Crippen molar-refractivity contribution in [1.82, 2.24) is 19.3 Å². The number of nitrogens with two attached hydrogens (primary N) is 1. The zero-order valence-electron chi connectivity index (χ0n) is 16.1. The number of carbonyl (C=O) groups excluding carboxylic acids is 1. The van der Waals surface area contributed by atoms with Gasteiger partial charge in [0.05, 0.1) is 24.8 Å². The van der Waals surface area contributed by atoms with Gasteiger partial charge in [0, 0.05) is 22.1 Å². The van der Waals surface area contributed by atoms with Gasteiger partial charge in [0.1, 0.15) is 5.69 Å². The van der Waals surface area contributed by atoms with Gasteiger partial charge in [-0.15, -0.1) is 0 Å². The van der Waals surface area contributed by atoms with E-state index in [4.69, 9.17) is 10.5 Å². The lowest BCUT2D eigenvalue weighted by Gasteiger charge is -2.25. The number of aromatic nitrogens is 3. The number of rotatable bonds is 6. The van der Waals surface area contributed by atoms with Crippen molar-refractivity contribution in [3.05, 3.63) is 42.0 Å². The molecule has 158 valence electrons. The quantitative estimate of drug-likeness (QED) is 0.716. The topological polar surface area (TPSA) is 140 Å². The van der Waals surface area contributed by atoms with Crippen LogP contribution in [0.4, 0.5) is 11.5 Å². The van der Waals surface area contributed by atoms with Gasteiger partial charge in [0.2, 0.25) is 15.9 Å². The van der Waals surface area contributed by atoms with Crippen LogP contribution in [0.1, 0.15) is 32.4 Å². The van der Waals surface area contributed by atoms with E-state index in [9.17, 15) is 13.2 Å². The third-order valence-corrected chi connectivity index (χ3v) is 6.34. The second kappa shape index (κ2) is 8.53. The minimum Gasteiger partial charge on any atom is -0.480 e. The van der Waals surface area contributed by atoms with Gasteiger partial charge >= 0.3 is 0 Å². The van der Waals surface area contributed by atoms with Crippen molar-refractivity contribution in [1.29, 1.82) is 0 Å². The molecule has 0 fully saturated rings. The first-order valence-electron chi connectivity index (χ1n) is 8.95. The third kappa shape index (κ3) is 4.51. The van der Waals surface area contributed by atoms with Gasteiger partial charge < -0.3 is 15.8 Å². The summed E-state index contributed by atoms with van der Waals surface area (Å²) in [4.78, 5) is 25.1. The molecule has 1 aliphatic rings. The summed E-state index contributed by atoms with van der Waals surface area (Å²) < 4.78 is 30.5. The smallest absolute Gasteiger partial charge is 0.278 e. The van der Waals surface area contributed by atoms with Gasteiger partial charge in [0.25, 0.3) is 5.91 Å². The number of hydrogen-bond donors (Lipinski definition) is 2. The summed E-state index contributed by atoms with van der Waals surface area (Å²) in [5, 5.41) is 2.67. The van der Waals surface area contributed by atoms with Gasteiger partial charge in [0.15, 0.2) is 11.5 Å². The van der Waals surface area contributed by atoms with E-state index in [1.54, 1.807) is 31.3 Å². The molecule has 29 heavy (non-hydrogen) atoms. The molecule has 11 heteroatoms. The summed E-state index contributed by atoms with van der Waals surface area (Å²) in [5.74, 6) is -0.244. The molecule has 0 aromatic carbocycles. The van der Waals surface area contributed by atoms with E-state index in [0.29, 0.717) is 24.3 Å². The van der Waals surface area contributed by atoms with Gasteiger partial charge in [-0.05, 0) is 31.1 Å². The number of nitrogens with zero attached hydrogens (tertiary/aromatic N) is 4. The molecule has 1 amide bonds. The Morgan fingerprint density at radius 1 is 1.41 bits per heavy atom. The monoisotopic (exact) mass is 422 g/mol. The van der Waals surface area contributed by atoms with Crippen LogP contribution in [0, 0.1) is 0 Å². The molecule has 0 aliphatic carbocycles. The fourth-order valence-corrected chi connectivity index (χ4v) is 3.90. The zero-order chi connectivity index (χ0) is 21.0. The fourth-order valence-electron chi connectivity index (χ4n) is 2.87. The molecule has 10 nitrogen and oxygen atoms in total. The number of sulfonamides is 1. The van der Waals surface area contributed by atoms with Crippen LogP contribution in [-0.4, -0.2) is 59.5 Å². The molecule has 3 heterocycles. The SMILES string of the molecule is CCS(=O)(=O)N1CC=C(c2cnc(N)c(C(=O)Nc3cccnc3OC)n2)CC1.[HH].[HH]. The Morgan fingerprint density at radius 2 is 2.21 bits per heavy atom. The average Bonchev–Trinajstić information content (AvgIpc) is 2.74. The number of methoxy groups -OCH3 is 1. The van der Waals surface area contributed by atoms with Crippen LogP contribution in [0.2, 0.25) is 0 Å². The van der Waals surface area contributed by atoms with Gasteiger partial charge in [-0.3, -0.25) is 4.79 Å². The Balaban J connectivity index is 0.00000240. The molecule has 0 bridgehead atoms. The predicted octanol–water partition coefficient (Wildman–Crippen LogP) is 1.65. The minimum atomic E-state index is -3.25. The fraction of sp³-hybridized carbons (Fsp3) is 0.333. The zero-order valence-corrected chi connectivity index (χ0v) is 16.9. The Kier molecular flexibility index (Phi) is 6.09. The second-order valence-corrected chi connectivity index (χ2v) is 8.50. The molecule has 0 spiro atoms. The first kappa shape index (κ1) is 20.7. The summed E-state index contributed by atoms with van der Waals surface area (Å²) in [6.45, 7) is 2.22. The van der Waals surface area contributed by atoms with E-state index in [0.717, 1.165) is 5.57 Å². The number of amides is 1. The summed E-state index contributed by atoms with van der Waals surface area (Å²) in [5.41, 5.74) is 7.50. The second-order valence-electron chi connectivity index (χ2n) is 6.24. The number of hydrogen-bond acceptors (Lipinski definition) is 8. The standard InChI is InChI=1S/C18H22N6O4S.2H2/c1-3-29(26,27)24-9-6-12(7-10-24)14-11-21-16(19)15(22-14)17(25)23-13-5-4-8-20-18(13)28-2;;/h4-6,8,11H,3,7,9-10H2,1-2H3,(H2,19,21)(H,23,25);2*1H. The molecule has 0 atom stereocenters. The Labute approximate surface area is 171 Å². The van der Waals surface area contributed by atoms with Crippen LogP contribution < -0.4 is 15.8 Å². The van der Waals surface area contributed by atoms with Crippen molar-refractivity contribution in [3.8, 4) is 5.88 Å². The van der Waals surface area contributed by atoms with Gasteiger partial charge in [-0.2, -0.15) is 4.31 Å². The highest BCUT2D eigenvalue weighted by Gasteiger charge is 2.24. The van der Waals surface area contributed by atoms with Gasteiger partial charge in [-0.1, -0.05) is 6.08 Å². The first-order chi connectivity index (χ1) is 13.9. The van der Waals surface area contributed by atoms with Crippen molar-refractivity contribution in [2.24, 2.45) is 0 Å². The molecular formula is C18H26N6O4S. The summed E-state index contributed by atoms with van der Waals surface area (Å²) in [7, 11) is -1.80. The van der Waals surface area contributed by atoms with Crippen molar-refractivity contribution >= 4 is 33.0 Å². The number of pyridine rings is 1. The molecule has 0 unspecified atom stereocenters. The number of nitrogen functional groups attached to an aromatic ring is 1. The lowest BCUT2D eigenvalue weighted by Crippen LogP contribution is -2.35. The molecule has 2 aromatic heterocycles. The summed E-state index contributed by atoms with van der Waals surface area (Å²) >= 11 is 0. The van der Waals surface area contributed by atoms with Crippen molar-refractivity contribution in [3.63, 3.8) is 0 Å². The molecule has 3 rings (SSSR count). The molecule has 0 saturated carbocycles. The molecule has 0 saturated heterocycles. The van der Waals surface area contributed by atoms with E-state index in [1.165, 1.54) is 17.6 Å². The van der Waals surface area contributed by atoms with Crippen LogP contribution in [0.3, 0.4) is 0 Å². The molecular weight excluding hydrogens is 396 g/mol. The highest BCUT2D eigenvalue weighted by molar-refractivity contribution is 7.89. The maximum Gasteiger partial charge on any atom is 0.278 e. The maximum atomic E-state index is 12.7. The lowest BCUT2D eigenvalue weighted by molar-refractivity contribution is 0.102. The molecule has 1 aliphatic heterocycles. The van der Waals surface area contributed by atoms with Crippen LogP contribution in [0.15, 0.2) is 30.6 Å². The third-order valence-electron chi connectivity index (χ3n) is 4.49. The number of carbonyl (C=O) groups is 1. The largest absolute Gasteiger partial charge is 0.480 e. The van der Waals surface area contributed by atoms with E-state index >= 15 is 0 Å². The van der Waals surface area contributed by atoms with Crippen LogP contribution in [-0.2, 0) is 10.0 Å². The highest BCUT2D eigenvalue weighted by Crippen LogP contribution is 2.24. The molecule has 0 radical (unpaired) electrons. The Hall–Kier alpha value is -3.05. The molecule has 3 N–H and O–H groups in total. The highest BCUT2D eigenvalue weighted by atomic mass is 32.2. The van der Waals surface area contributed by atoms with E-state index in [1.807, 2.05) is 0 Å².